The van der Waals surface area contributed by atoms with Crippen LogP contribution in [0.15, 0.2) is 73.1 Å². The lowest BCUT2D eigenvalue weighted by atomic mass is 10.0. The molecule has 0 aliphatic carbocycles. The minimum absolute atomic E-state index is 0.0934. The van der Waals surface area contributed by atoms with Crippen LogP contribution in [-0.2, 0) is 4.79 Å². The van der Waals surface area contributed by atoms with Gasteiger partial charge in [0.1, 0.15) is 5.82 Å². The van der Waals surface area contributed by atoms with Crippen molar-refractivity contribution in [1.82, 2.24) is 9.97 Å². The molecule has 1 saturated heterocycles. The van der Waals surface area contributed by atoms with Crippen LogP contribution in [0.25, 0.3) is 0 Å². The van der Waals surface area contributed by atoms with E-state index in [2.05, 4.69) is 27.4 Å². The largest absolute Gasteiger partial charge is 0.358 e. The maximum atomic E-state index is 11.9. The zero-order valence-corrected chi connectivity index (χ0v) is 14.4. The van der Waals surface area contributed by atoms with Crippen LogP contribution < -0.4 is 10.2 Å². The summed E-state index contributed by atoms with van der Waals surface area (Å²) in [6.45, 7) is 0.772. The van der Waals surface area contributed by atoms with Crippen LogP contribution in [0.5, 0.6) is 0 Å². The number of benzene rings is 1. The third-order valence-corrected chi connectivity index (χ3v) is 4.54. The van der Waals surface area contributed by atoms with E-state index in [4.69, 9.17) is 0 Å². The van der Waals surface area contributed by atoms with E-state index in [1.807, 2.05) is 48.5 Å². The van der Waals surface area contributed by atoms with E-state index in [1.54, 1.807) is 17.3 Å². The SMILES string of the molecule is O=C1CCCN1c1ccc(N[C@@H](c2ccccc2)c2ccccn2)nc1. The molecule has 1 aliphatic heterocycles. The number of carbonyl (C=O) groups excluding carboxylic acids is 1. The van der Waals surface area contributed by atoms with Crippen molar-refractivity contribution in [2.24, 2.45) is 0 Å². The maximum absolute atomic E-state index is 11.9. The van der Waals surface area contributed by atoms with Crippen LogP contribution in [0.3, 0.4) is 0 Å². The van der Waals surface area contributed by atoms with E-state index in [9.17, 15) is 4.79 Å². The molecule has 1 fully saturated rings. The standard InChI is InChI=1S/C21H20N4O/c26-20-10-6-14-25(20)17-11-12-19(23-15-17)24-21(16-7-2-1-3-8-16)18-9-4-5-13-22-18/h1-5,7-9,11-13,15,21H,6,10,14H2,(H,23,24)/t21-/m0/s1. The molecule has 1 aliphatic rings. The molecular formula is C21H20N4O. The molecule has 0 bridgehead atoms. The Morgan fingerprint density at radius 1 is 0.962 bits per heavy atom. The van der Waals surface area contributed by atoms with Gasteiger partial charge in [0.2, 0.25) is 5.91 Å². The minimum atomic E-state index is -0.0934. The summed E-state index contributed by atoms with van der Waals surface area (Å²) in [7, 11) is 0. The second kappa shape index (κ2) is 7.35. The number of aromatic nitrogens is 2. The van der Waals surface area contributed by atoms with Crippen molar-refractivity contribution in [2.45, 2.75) is 18.9 Å². The lowest BCUT2D eigenvalue weighted by Gasteiger charge is -2.20. The van der Waals surface area contributed by atoms with Crippen molar-refractivity contribution in [1.29, 1.82) is 0 Å². The van der Waals surface area contributed by atoms with Crippen LogP contribution in [0, 0.1) is 0 Å². The molecule has 1 aromatic carbocycles. The first-order valence-corrected chi connectivity index (χ1v) is 8.80. The Morgan fingerprint density at radius 3 is 2.46 bits per heavy atom. The minimum Gasteiger partial charge on any atom is -0.358 e. The Bertz CT molecular complexity index is 826. The van der Waals surface area contributed by atoms with Gasteiger partial charge in [0, 0.05) is 19.2 Å². The van der Waals surface area contributed by atoms with Crippen molar-refractivity contribution in [3.05, 3.63) is 84.3 Å². The highest BCUT2D eigenvalue weighted by Gasteiger charge is 2.22. The highest BCUT2D eigenvalue weighted by atomic mass is 16.2. The molecule has 0 radical (unpaired) electrons. The topological polar surface area (TPSA) is 58.1 Å². The summed E-state index contributed by atoms with van der Waals surface area (Å²) >= 11 is 0. The summed E-state index contributed by atoms with van der Waals surface area (Å²) in [6.07, 6.45) is 5.08. The molecular weight excluding hydrogens is 324 g/mol. The van der Waals surface area contributed by atoms with Crippen molar-refractivity contribution in [3.8, 4) is 0 Å². The van der Waals surface area contributed by atoms with E-state index in [0.29, 0.717) is 6.42 Å². The molecule has 1 amide bonds. The number of nitrogens with zero attached hydrogens (tertiary/aromatic N) is 3. The van der Waals surface area contributed by atoms with Crippen molar-refractivity contribution < 1.29 is 4.79 Å². The third-order valence-electron chi connectivity index (χ3n) is 4.54. The number of anilines is 2. The fourth-order valence-corrected chi connectivity index (χ4v) is 3.22. The fourth-order valence-electron chi connectivity index (χ4n) is 3.22. The van der Waals surface area contributed by atoms with Crippen LogP contribution in [0.1, 0.15) is 30.1 Å². The Kier molecular flexibility index (Phi) is 4.60. The Labute approximate surface area is 152 Å². The molecule has 26 heavy (non-hydrogen) atoms. The van der Waals surface area contributed by atoms with E-state index in [1.165, 1.54) is 0 Å². The molecule has 0 saturated carbocycles. The van der Waals surface area contributed by atoms with Gasteiger partial charge in [-0.25, -0.2) is 4.98 Å². The van der Waals surface area contributed by atoms with Crippen LogP contribution >= 0.6 is 0 Å². The third kappa shape index (κ3) is 3.42. The number of pyridine rings is 2. The summed E-state index contributed by atoms with van der Waals surface area (Å²) in [4.78, 5) is 22.7. The molecule has 5 nitrogen and oxygen atoms in total. The number of carbonyl (C=O) groups is 1. The first kappa shape index (κ1) is 16.3. The predicted octanol–water partition coefficient (Wildman–Crippen LogP) is 3.80. The van der Waals surface area contributed by atoms with Gasteiger partial charge in [-0.1, -0.05) is 36.4 Å². The molecule has 4 rings (SSSR count). The zero-order chi connectivity index (χ0) is 17.8. The smallest absolute Gasteiger partial charge is 0.227 e. The highest BCUT2D eigenvalue weighted by Crippen LogP contribution is 2.26. The molecule has 1 N–H and O–H groups in total. The summed E-state index contributed by atoms with van der Waals surface area (Å²) < 4.78 is 0. The number of hydrogen-bond acceptors (Lipinski definition) is 4. The molecule has 130 valence electrons. The summed E-state index contributed by atoms with van der Waals surface area (Å²) in [5, 5.41) is 3.46. The molecule has 5 heteroatoms. The average molecular weight is 344 g/mol. The quantitative estimate of drug-likeness (QED) is 0.765. The number of rotatable bonds is 5. The molecule has 0 spiro atoms. The van der Waals surface area contributed by atoms with Gasteiger partial charge in [-0.2, -0.15) is 0 Å². The lowest BCUT2D eigenvalue weighted by Crippen LogP contribution is -2.23. The monoisotopic (exact) mass is 344 g/mol. The summed E-state index contributed by atoms with van der Waals surface area (Å²) in [6, 6.07) is 19.8. The van der Waals surface area contributed by atoms with Gasteiger partial charge < -0.3 is 10.2 Å². The van der Waals surface area contributed by atoms with E-state index < -0.39 is 0 Å². The lowest BCUT2D eigenvalue weighted by molar-refractivity contribution is -0.117. The van der Waals surface area contributed by atoms with Crippen molar-refractivity contribution in [3.63, 3.8) is 0 Å². The van der Waals surface area contributed by atoms with Gasteiger partial charge in [-0.05, 0) is 36.2 Å². The second-order valence-corrected chi connectivity index (χ2v) is 6.29. The Balaban J connectivity index is 1.59. The normalized spacial score (nSPS) is 15.1. The van der Waals surface area contributed by atoms with Gasteiger partial charge in [0.25, 0.3) is 0 Å². The number of nitrogens with one attached hydrogen (secondary N) is 1. The number of hydrogen-bond donors (Lipinski definition) is 1. The second-order valence-electron chi connectivity index (χ2n) is 6.29. The first-order valence-electron chi connectivity index (χ1n) is 8.80. The molecule has 3 aromatic rings. The van der Waals surface area contributed by atoms with E-state index >= 15 is 0 Å². The Hall–Kier alpha value is -3.21. The summed E-state index contributed by atoms with van der Waals surface area (Å²) in [5.41, 5.74) is 2.90. The van der Waals surface area contributed by atoms with Gasteiger partial charge in [0.15, 0.2) is 0 Å². The average Bonchev–Trinajstić information content (AvgIpc) is 3.14. The molecule has 0 unspecified atom stereocenters. The van der Waals surface area contributed by atoms with Gasteiger partial charge in [-0.3, -0.25) is 9.78 Å². The van der Waals surface area contributed by atoms with Gasteiger partial charge >= 0.3 is 0 Å². The molecule has 3 heterocycles. The number of amides is 1. The van der Waals surface area contributed by atoms with E-state index in [0.717, 1.165) is 35.7 Å². The first-order chi connectivity index (χ1) is 12.8. The van der Waals surface area contributed by atoms with Crippen LogP contribution in [-0.4, -0.2) is 22.4 Å². The van der Waals surface area contributed by atoms with E-state index in [-0.39, 0.29) is 11.9 Å². The van der Waals surface area contributed by atoms with Crippen LogP contribution in [0.2, 0.25) is 0 Å². The molecule has 2 aromatic heterocycles. The highest BCUT2D eigenvalue weighted by molar-refractivity contribution is 5.95. The predicted molar refractivity (Wildman–Crippen MR) is 102 cm³/mol. The van der Waals surface area contributed by atoms with Crippen molar-refractivity contribution >= 4 is 17.4 Å². The zero-order valence-electron chi connectivity index (χ0n) is 14.4. The molecule has 1 atom stereocenters. The van der Waals surface area contributed by atoms with Gasteiger partial charge in [-0.15, -0.1) is 0 Å². The van der Waals surface area contributed by atoms with Gasteiger partial charge in [0.05, 0.1) is 23.6 Å². The maximum Gasteiger partial charge on any atom is 0.227 e. The summed E-state index contributed by atoms with van der Waals surface area (Å²) in [5.74, 6) is 0.919. The Morgan fingerprint density at radius 2 is 1.81 bits per heavy atom. The van der Waals surface area contributed by atoms with Crippen molar-refractivity contribution in [2.75, 3.05) is 16.8 Å². The van der Waals surface area contributed by atoms with Crippen LogP contribution in [0.4, 0.5) is 11.5 Å². The fraction of sp³-hybridized carbons (Fsp3) is 0.190.